The molecule has 1 heterocycles. The molecule has 1 aliphatic rings. The molecule has 1 saturated heterocycles. The molecule has 80 valence electrons. The van der Waals surface area contributed by atoms with E-state index < -0.39 is 0 Å². The summed E-state index contributed by atoms with van der Waals surface area (Å²) in [4.78, 5) is 22.0. The molecule has 14 heavy (non-hydrogen) atoms. The van der Waals surface area contributed by atoms with E-state index >= 15 is 0 Å². The standard InChI is InChI=1S/C9H15NO4/c1-3-8(11)14-6-4-7(10-5-6)9(12)13-2/h6-7,10H,3-5H2,1-2H3. The van der Waals surface area contributed by atoms with Crippen LogP contribution in [-0.2, 0) is 19.1 Å². The summed E-state index contributed by atoms with van der Waals surface area (Å²) in [5.74, 6) is -0.539. The smallest absolute Gasteiger partial charge is 0.323 e. The molecule has 0 saturated carbocycles. The van der Waals surface area contributed by atoms with Crippen LogP contribution in [0.15, 0.2) is 0 Å². The van der Waals surface area contributed by atoms with Crippen molar-refractivity contribution in [2.45, 2.75) is 31.9 Å². The normalized spacial score (nSPS) is 25.9. The lowest BCUT2D eigenvalue weighted by molar-refractivity contribution is -0.149. The van der Waals surface area contributed by atoms with Crippen molar-refractivity contribution in [2.75, 3.05) is 13.7 Å². The number of hydrogen-bond donors (Lipinski definition) is 1. The lowest BCUT2D eigenvalue weighted by Crippen LogP contribution is -2.31. The van der Waals surface area contributed by atoms with Crippen molar-refractivity contribution in [1.29, 1.82) is 0 Å². The molecule has 2 unspecified atom stereocenters. The average Bonchev–Trinajstić information content (AvgIpc) is 2.65. The Morgan fingerprint density at radius 1 is 1.50 bits per heavy atom. The molecular formula is C9H15NO4. The topological polar surface area (TPSA) is 64.6 Å². The monoisotopic (exact) mass is 201 g/mol. The van der Waals surface area contributed by atoms with E-state index in [1.165, 1.54) is 7.11 Å². The first-order valence-electron chi connectivity index (χ1n) is 4.68. The van der Waals surface area contributed by atoms with Crippen LogP contribution < -0.4 is 5.32 Å². The van der Waals surface area contributed by atoms with Gasteiger partial charge in [0.25, 0.3) is 0 Å². The molecule has 1 rings (SSSR count). The minimum absolute atomic E-state index is 0.202. The second-order valence-electron chi connectivity index (χ2n) is 3.19. The van der Waals surface area contributed by atoms with Gasteiger partial charge in [-0.05, 0) is 0 Å². The number of ether oxygens (including phenoxy) is 2. The lowest BCUT2D eigenvalue weighted by Gasteiger charge is -2.09. The molecule has 1 fully saturated rings. The van der Waals surface area contributed by atoms with Crippen LogP contribution in [0, 0.1) is 0 Å². The lowest BCUT2D eigenvalue weighted by atomic mass is 10.2. The summed E-state index contributed by atoms with van der Waals surface area (Å²) in [6.45, 7) is 2.26. The van der Waals surface area contributed by atoms with Crippen LogP contribution >= 0.6 is 0 Å². The van der Waals surface area contributed by atoms with Crippen molar-refractivity contribution in [3.05, 3.63) is 0 Å². The fourth-order valence-corrected chi connectivity index (χ4v) is 1.38. The van der Waals surface area contributed by atoms with Crippen molar-refractivity contribution in [1.82, 2.24) is 5.32 Å². The van der Waals surface area contributed by atoms with Crippen LogP contribution in [0.5, 0.6) is 0 Å². The SMILES string of the molecule is CCC(=O)OC1CNC(C(=O)OC)C1. The predicted molar refractivity (Wildman–Crippen MR) is 48.6 cm³/mol. The maximum atomic E-state index is 11.1. The molecule has 0 bridgehead atoms. The number of hydrogen-bond acceptors (Lipinski definition) is 5. The van der Waals surface area contributed by atoms with E-state index in [4.69, 9.17) is 4.74 Å². The minimum Gasteiger partial charge on any atom is -0.468 e. The molecule has 0 radical (unpaired) electrons. The first kappa shape index (κ1) is 11.0. The van der Waals surface area contributed by atoms with Crippen LogP contribution in [0.25, 0.3) is 0 Å². The third kappa shape index (κ3) is 2.70. The van der Waals surface area contributed by atoms with Crippen molar-refractivity contribution in [2.24, 2.45) is 0 Å². The summed E-state index contributed by atoms with van der Waals surface area (Å²) in [6, 6.07) is -0.338. The quantitative estimate of drug-likeness (QED) is 0.643. The second kappa shape index (κ2) is 4.95. The van der Waals surface area contributed by atoms with Gasteiger partial charge in [-0.3, -0.25) is 9.59 Å². The highest BCUT2D eigenvalue weighted by Crippen LogP contribution is 2.12. The van der Waals surface area contributed by atoms with Gasteiger partial charge in [-0.15, -0.1) is 0 Å². The third-order valence-electron chi connectivity index (χ3n) is 2.16. The molecule has 5 heteroatoms. The fraction of sp³-hybridized carbons (Fsp3) is 0.778. The number of nitrogens with one attached hydrogen (secondary N) is 1. The third-order valence-corrected chi connectivity index (χ3v) is 2.16. The minimum atomic E-state index is -0.338. The highest BCUT2D eigenvalue weighted by atomic mass is 16.5. The Bertz CT molecular complexity index is 229. The zero-order chi connectivity index (χ0) is 10.6. The Labute approximate surface area is 82.8 Å². The van der Waals surface area contributed by atoms with Crippen LogP contribution in [0.1, 0.15) is 19.8 Å². The maximum Gasteiger partial charge on any atom is 0.323 e. The van der Waals surface area contributed by atoms with Crippen LogP contribution in [0.3, 0.4) is 0 Å². The van der Waals surface area contributed by atoms with Gasteiger partial charge in [-0.2, -0.15) is 0 Å². The van der Waals surface area contributed by atoms with Gasteiger partial charge in [0.15, 0.2) is 0 Å². The molecule has 1 aliphatic heterocycles. The molecule has 1 N–H and O–H groups in total. The van der Waals surface area contributed by atoms with Gasteiger partial charge in [-0.25, -0.2) is 0 Å². The molecule has 5 nitrogen and oxygen atoms in total. The van der Waals surface area contributed by atoms with Crippen molar-refractivity contribution < 1.29 is 19.1 Å². The average molecular weight is 201 g/mol. The molecular weight excluding hydrogens is 186 g/mol. The zero-order valence-electron chi connectivity index (χ0n) is 8.41. The van der Waals surface area contributed by atoms with E-state index in [1.54, 1.807) is 6.92 Å². The van der Waals surface area contributed by atoms with Gasteiger partial charge in [-0.1, -0.05) is 6.92 Å². The summed E-state index contributed by atoms with van der Waals surface area (Å²) >= 11 is 0. The Hall–Kier alpha value is -1.10. The van der Waals surface area contributed by atoms with Gasteiger partial charge in [0, 0.05) is 19.4 Å². The largest absolute Gasteiger partial charge is 0.468 e. The van der Waals surface area contributed by atoms with E-state index in [1.807, 2.05) is 0 Å². The van der Waals surface area contributed by atoms with Crippen molar-refractivity contribution in [3.8, 4) is 0 Å². The summed E-state index contributed by atoms with van der Waals surface area (Å²) in [7, 11) is 1.34. The first-order valence-corrected chi connectivity index (χ1v) is 4.68. The molecule has 2 atom stereocenters. The zero-order valence-corrected chi connectivity index (χ0v) is 8.41. The maximum absolute atomic E-state index is 11.1. The van der Waals surface area contributed by atoms with Gasteiger partial charge in [0.1, 0.15) is 12.1 Å². The molecule has 0 aromatic heterocycles. The number of methoxy groups -OCH3 is 1. The van der Waals surface area contributed by atoms with Gasteiger partial charge in [0.2, 0.25) is 0 Å². The van der Waals surface area contributed by atoms with E-state index in [-0.39, 0.29) is 24.1 Å². The Morgan fingerprint density at radius 2 is 2.21 bits per heavy atom. The Balaban J connectivity index is 2.34. The second-order valence-corrected chi connectivity index (χ2v) is 3.19. The molecule has 0 spiro atoms. The number of rotatable bonds is 3. The first-order chi connectivity index (χ1) is 6.67. The molecule has 0 amide bonds. The van der Waals surface area contributed by atoms with Gasteiger partial charge in [0.05, 0.1) is 7.11 Å². The van der Waals surface area contributed by atoms with Gasteiger partial charge < -0.3 is 14.8 Å². The highest BCUT2D eigenvalue weighted by Gasteiger charge is 2.31. The Kier molecular flexibility index (Phi) is 3.88. The molecule has 0 aromatic rings. The predicted octanol–water partition coefficient (Wildman–Crippen LogP) is -0.157. The van der Waals surface area contributed by atoms with E-state index in [0.717, 1.165) is 0 Å². The summed E-state index contributed by atoms with van der Waals surface area (Å²) < 4.78 is 9.65. The number of carbonyl (C=O) groups is 2. The summed E-state index contributed by atoms with van der Waals surface area (Å²) in [6.07, 6.45) is 0.657. The van der Waals surface area contributed by atoms with E-state index in [2.05, 4.69) is 10.1 Å². The van der Waals surface area contributed by atoms with Crippen molar-refractivity contribution >= 4 is 11.9 Å². The molecule has 0 aliphatic carbocycles. The van der Waals surface area contributed by atoms with Gasteiger partial charge >= 0.3 is 11.9 Å². The highest BCUT2D eigenvalue weighted by molar-refractivity contribution is 5.76. The number of carbonyl (C=O) groups excluding carboxylic acids is 2. The Morgan fingerprint density at radius 3 is 2.79 bits per heavy atom. The summed E-state index contributed by atoms with van der Waals surface area (Å²) in [5.41, 5.74) is 0. The van der Waals surface area contributed by atoms with Crippen molar-refractivity contribution in [3.63, 3.8) is 0 Å². The summed E-state index contributed by atoms with van der Waals surface area (Å²) in [5, 5.41) is 2.94. The van der Waals surface area contributed by atoms with E-state index in [0.29, 0.717) is 19.4 Å². The molecule has 0 aromatic carbocycles. The number of esters is 2. The van der Waals surface area contributed by atoms with Crippen LogP contribution in [-0.4, -0.2) is 37.7 Å². The fourth-order valence-electron chi connectivity index (χ4n) is 1.38. The van der Waals surface area contributed by atoms with Crippen LogP contribution in [0.2, 0.25) is 0 Å². The van der Waals surface area contributed by atoms with E-state index in [9.17, 15) is 9.59 Å². The van der Waals surface area contributed by atoms with Crippen LogP contribution in [0.4, 0.5) is 0 Å².